The Hall–Kier alpha value is -2.19. The Balaban J connectivity index is 1.61. The zero-order chi connectivity index (χ0) is 18.8. The molecule has 0 aromatic carbocycles. The Kier molecular flexibility index (Phi) is 5.15. The lowest BCUT2D eigenvalue weighted by Crippen LogP contribution is -2.41. The monoisotopic (exact) mass is 375 g/mol. The number of nitrogens with zero attached hydrogens (tertiary/aromatic N) is 2. The number of hydrogen-bond donors (Lipinski definition) is 3. The third-order valence-corrected chi connectivity index (χ3v) is 5.26. The second-order valence-corrected chi connectivity index (χ2v) is 9.36. The summed E-state index contributed by atoms with van der Waals surface area (Å²) in [6.07, 6.45) is 5.73. The molecular formula is C18H25N5O2S. The van der Waals surface area contributed by atoms with E-state index >= 15 is 0 Å². The van der Waals surface area contributed by atoms with Gasteiger partial charge in [-0.2, -0.15) is 5.10 Å². The number of rotatable bonds is 7. The van der Waals surface area contributed by atoms with Crippen LogP contribution in [0.2, 0.25) is 0 Å². The maximum Gasteiger partial charge on any atom is 0.215 e. The molecule has 1 aliphatic rings. The fraction of sp³-hybridized carbons (Fsp3) is 0.444. The van der Waals surface area contributed by atoms with E-state index in [0.29, 0.717) is 17.4 Å². The van der Waals surface area contributed by atoms with Gasteiger partial charge in [0, 0.05) is 23.2 Å². The van der Waals surface area contributed by atoms with Crippen LogP contribution in [0.5, 0.6) is 0 Å². The van der Waals surface area contributed by atoms with Crippen molar-refractivity contribution < 1.29 is 8.42 Å². The molecular weight excluding hydrogens is 350 g/mol. The molecule has 3 rings (SSSR count). The summed E-state index contributed by atoms with van der Waals surface area (Å²) >= 11 is 0. The van der Waals surface area contributed by atoms with Crippen molar-refractivity contribution in [3.63, 3.8) is 0 Å². The van der Waals surface area contributed by atoms with Gasteiger partial charge >= 0.3 is 0 Å². The van der Waals surface area contributed by atoms with Crippen molar-refractivity contribution in [1.82, 2.24) is 19.9 Å². The summed E-state index contributed by atoms with van der Waals surface area (Å²) in [6.45, 7) is 5.44. The first-order valence-electron chi connectivity index (χ1n) is 8.68. The van der Waals surface area contributed by atoms with Gasteiger partial charge in [0.1, 0.15) is 5.82 Å². The molecule has 3 N–H and O–H groups in total. The molecule has 7 nitrogen and oxygen atoms in total. The van der Waals surface area contributed by atoms with E-state index in [1.54, 1.807) is 12.2 Å². The standard InChI is InChI=1S/C18H25N5O2S/c1-18(2,3)23-26(24,25)11-5-7-14-6-4-8-16(19-14)20-17-12-15(21-22-17)13-9-10-13/h4-8,12-13,23H,9-11H2,1-3H3,(H2,19,20,21,22). The van der Waals surface area contributed by atoms with Crippen LogP contribution < -0.4 is 10.0 Å². The lowest BCUT2D eigenvalue weighted by Gasteiger charge is -2.19. The summed E-state index contributed by atoms with van der Waals surface area (Å²) in [5, 5.41) is 10.5. The maximum absolute atomic E-state index is 12.0. The van der Waals surface area contributed by atoms with E-state index in [1.165, 1.54) is 12.8 Å². The van der Waals surface area contributed by atoms with Crippen LogP contribution in [0.3, 0.4) is 0 Å². The maximum atomic E-state index is 12.0. The molecule has 1 saturated carbocycles. The largest absolute Gasteiger partial charge is 0.323 e. The summed E-state index contributed by atoms with van der Waals surface area (Å²) < 4.78 is 26.6. The van der Waals surface area contributed by atoms with Crippen LogP contribution in [-0.2, 0) is 10.0 Å². The minimum Gasteiger partial charge on any atom is -0.323 e. The molecule has 140 valence electrons. The predicted molar refractivity (Wildman–Crippen MR) is 104 cm³/mol. The van der Waals surface area contributed by atoms with Crippen LogP contribution in [0, 0.1) is 0 Å². The highest BCUT2D eigenvalue weighted by atomic mass is 32.2. The van der Waals surface area contributed by atoms with Crippen LogP contribution in [0.4, 0.5) is 11.6 Å². The van der Waals surface area contributed by atoms with Crippen molar-refractivity contribution in [1.29, 1.82) is 0 Å². The van der Waals surface area contributed by atoms with Gasteiger partial charge in [-0.15, -0.1) is 0 Å². The van der Waals surface area contributed by atoms with Gasteiger partial charge in [-0.25, -0.2) is 18.1 Å². The van der Waals surface area contributed by atoms with Crippen LogP contribution in [0.1, 0.15) is 50.9 Å². The van der Waals surface area contributed by atoms with Crippen LogP contribution in [0.15, 0.2) is 30.3 Å². The van der Waals surface area contributed by atoms with Gasteiger partial charge in [-0.3, -0.25) is 5.10 Å². The highest BCUT2D eigenvalue weighted by molar-refractivity contribution is 7.89. The number of pyridine rings is 1. The van der Waals surface area contributed by atoms with Gasteiger partial charge in [-0.05, 0) is 51.8 Å². The summed E-state index contributed by atoms with van der Waals surface area (Å²) in [5.41, 5.74) is 1.34. The molecule has 0 spiro atoms. The van der Waals surface area contributed by atoms with Crippen molar-refractivity contribution in [2.45, 2.75) is 45.1 Å². The predicted octanol–water partition coefficient (Wildman–Crippen LogP) is 3.16. The van der Waals surface area contributed by atoms with Crippen molar-refractivity contribution in [2.24, 2.45) is 0 Å². The molecule has 0 amide bonds. The first kappa shape index (κ1) is 18.6. The van der Waals surface area contributed by atoms with Crippen LogP contribution in [-0.4, -0.2) is 34.9 Å². The number of nitrogens with one attached hydrogen (secondary N) is 3. The van der Waals surface area contributed by atoms with Gasteiger partial charge in [0.05, 0.1) is 11.4 Å². The highest BCUT2D eigenvalue weighted by Gasteiger charge is 2.25. The van der Waals surface area contributed by atoms with Gasteiger partial charge < -0.3 is 5.32 Å². The van der Waals surface area contributed by atoms with E-state index < -0.39 is 15.6 Å². The van der Waals surface area contributed by atoms with Gasteiger partial charge in [-0.1, -0.05) is 12.1 Å². The summed E-state index contributed by atoms with van der Waals surface area (Å²) in [5.74, 6) is 1.92. The van der Waals surface area contributed by atoms with Crippen molar-refractivity contribution in [3.8, 4) is 0 Å². The van der Waals surface area contributed by atoms with E-state index in [4.69, 9.17) is 0 Å². The van der Waals surface area contributed by atoms with E-state index in [1.807, 2.05) is 45.0 Å². The van der Waals surface area contributed by atoms with Crippen LogP contribution in [0.25, 0.3) is 6.08 Å². The summed E-state index contributed by atoms with van der Waals surface area (Å²) in [7, 11) is -3.36. The highest BCUT2D eigenvalue weighted by Crippen LogP contribution is 2.39. The lowest BCUT2D eigenvalue weighted by molar-refractivity contribution is 0.493. The molecule has 8 heteroatoms. The van der Waals surface area contributed by atoms with Gasteiger partial charge in [0.15, 0.2) is 5.82 Å². The van der Waals surface area contributed by atoms with Crippen molar-refractivity contribution in [2.75, 3.05) is 11.1 Å². The summed E-state index contributed by atoms with van der Waals surface area (Å²) in [6, 6.07) is 7.55. The smallest absolute Gasteiger partial charge is 0.215 e. The van der Waals surface area contributed by atoms with Crippen LogP contribution >= 0.6 is 0 Å². The molecule has 2 heterocycles. The number of sulfonamides is 1. The quantitative estimate of drug-likeness (QED) is 0.690. The number of aromatic amines is 1. The van der Waals surface area contributed by atoms with E-state index in [-0.39, 0.29) is 5.75 Å². The fourth-order valence-corrected chi connectivity index (χ4v) is 3.92. The van der Waals surface area contributed by atoms with Crippen molar-refractivity contribution >= 4 is 27.7 Å². The first-order valence-corrected chi connectivity index (χ1v) is 10.3. The van der Waals surface area contributed by atoms with Crippen molar-refractivity contribution in [3.05, 3.63) is 41.7 Å². The third-order valence-electron chi connectivity index (χ3n) is 3.71. The number of hydrogen-bond acceptors (Lipinski definition) is 5. The normalized spacial score (nSPS) is 15.5. The minimum atomic E-state index is -3.36. The average molecular weight is 375 g/mol. The first-order chi connectivity index (χ1) is 12.2. The van der Waals surface area contributed by atoms with E-state index in [0.717, 1.165) is 11.5 Å². The molecule has 2 aromatic rings. The van der Waals surface area contributed by atoms with E-state index in [9.17, 15) is 8.42 Å². The number of H-pyrrole nitrogens is 1. The van der Waals surface area contributed by atoms with E-state index in [2.05, 4.69) is 25.2 Å². The molecule has 2 aromatic heterocycles. The molecule has 0 aliphatic heterocycles. The second-order valence-electron chi connectivity index (χ2n) is 7.59. The third kappa shape index (κ3) is 5.67. The molecule has 0 radical (unpaired) electrons. The molecule has 0 saturated heterocycles. The Morgan fingerprint density at radius 1 is 1.27 bits per heavy atom. The lowest BCUT2D eigenvalue weighted by atomic mass is 10.1. The Morgan fingerprint density at radius 2 is 2.04 bits per heavy atom. The topological polar surface area (TPSA) is 99.8 Å². The Bertz CT molecular complexity index is 892. The minimum absolute atomic E-state index is 0.0896. The molecule has 0 atom stereocenters. The van der Waals surface area contributed by atoms with Gasteiger partial charge in [0.2, 0.25) is 10.0 Å². The zero-order valence-corrected chi connectivity index (χ0v) is 16.1. The molecule has 0 unspecified atom stereocenters. The number of aromatic nitrogens is 3. The van der Waals surface area contributed by atoms with Gasteiger partial charge in [0.25, 0.3) is 0 Å². The number of anilines is 2. The Morgan fingerprint density at radius 3 is 2.73 bits per heavy atom. The molecule has 1 aliphatic carbocycles. The molecule has 26 heavy (non-hydrogen) atoms. The average Bonchev–Trinajstić information content (AvgIpc) is 3.26. The SMILES string of the molecule is CC(C)(C)NS(=O)(=O)CC=Cc1cccc(Nc2cc(C3CC3)[nH]n2)n1. The summed E-state index contributed by atoms with van der Waals surface area (Å²) in [4.78, 5) is 4.46. The fourth-order valence-electron chi connectivity index (χ4n) is 2.55. The molecule has 0 bridgehead atoms. The zero-order valence-electron chi connectivity index (χ0n) is 15.3. The second kappa shape index (κ2) is 7.20. The Labute approximate surface area is 154 Å². The molecule has 1 fully saturated rings.